The molecule has 1 saturated carbocycles. The normalized spacial score (nSPS) is 22.6. The number of methoxy groups -OCH3 is 1. The van der Waals surface area contributed by atoms with Crippen molar-refractivity contribution < 1.29 is 9.53 Å². The molecular formula is C21H34N2O2. The Hall–Kier alpha value is -1.42. The van der Waals surface area contributed by atoms with Gasteiger partial charge in [0.05, 0.1) is 0 Å². The molecule has 0 saturated heterocycles. The number of nitrogens with zero attached hydrogens (tertiary/aromatic N) is 2. The Labute approximate surface area is 153 Å². The number of carbonyl (C=O) groups is 1. The van der Waals surface area contributed by atoms with Gasteiger partial charge in [-0.05, 0) is 60.6 Å². The lowest BCUT2D eigenvalue weighted by Gasteiger charge is -2.39. The van der Waals surface area contributed by atoms with Crippen LogP contribution in [0.2, 0.25) is 0 Å². The Kier molecular flexibility index (Phi) is 7.42. The zero-order valence-corrected chi connectivity index (χ0v) is 16.3. The van der Waals surface area contributed by atoms with Crippen LogP contribution in [0.1, 0.15) is 58.4 Å². The highest BCUT2D eigenvalue weighted by atomic mass is 16.5. The zero-order valence-electron chi connectivity index (χ0n) is 16.3. The molecule has 1 aromatic rings. The van der Waals surface area contributed by atoms with Crippen molar-refractivity contribution in [1.82, 2.24) is 9.88 Å². The molecule has 1 amide bonds. The molecule has 2 unspecified atom stereocenters. The lowest BCUT2D eigenvalue weighted by molar-refractivity contribution is -0.133. The first-order chi connectivity index (χ1) is 11.9. The molecule has 4 heteroatoms. The van der Waals surface area contributed by atoms with Crippen molar-refractivity contribution in [3.63, 3.8) is 0 Å². The second kappa shape index (κ2) is 9.33. The van der Waals surface area contributed by atoms with Gasteiger partial charge in [-0.2, -0.15) is 0 Å². The smallest absolute Gasteiger partial charge is 0.223 e. The van der Waals surface area contributed by atoms with Gasteiger partial charge in [-0.15, -0.1) is 0 Å². The van der Waals surface area contributed by atoms with Crippen molar-refractivity contribution in [1.29, 1.82) is 0 Å². The highest BCUT2D eigenvalue weighted by molar-refractivity contribution is 5.76. The molecule has 0 radical (unpaired) electrons. The van der Waals surface area contributed by atoms with Crippen LogP contribution in [0.25, 0.3) is 0 Å². The molecule has 1 aromatic heterocycles. The first-order valence-electron chi connectivity index (χ1n) is 9.55. The molecule has 0 N–H and O–H groups in total. The fourth-order valence-corrected chi connectivity index (χ4v) is 4.48. The van der Waals surface area contributed by atoms with Crippen LogP contribution >= 0.6 is 0 Å². The summed E-state index contributed by atoms with van der Waals surface area (Å²) in [5.41, 5.74) is 1.49. The van der Waals surface area contributed by atoms with Crippen LogP contribution < -0.4 is 0 Å². The van der Waals surface area contributed by atoms with Crippen molar-refractivity contribution in [2.45, 2.75) is 59.4 Å². The third-order valence-electron chi connectivity index (χ3n) is 5.19. The lowest BCUT2D eigenvalue weighted by atomic mass is 9.67. The van der Waals surface area contributed by atoms with Crippen LogP contribution in [0.5, 0.6) is 0 Å². The Morgan fingerprint density at radius 3 is 2.68 bits per heavy atom. The number of hydrogen-bond acceptors (Lipinski definition) is 3. The van der Waals surface area contributed by atoms with Crippen LogP contribution in [-0.4, -0.2) is 36.1 Å². The predicted octanol–water partition coefficient (Wildman–Crippen LogP) is 4.30. The van der Waals surface area contributed by atoms with E-state index in [-0.39, 0.29) is 5.91 Å². The van der Waals surface area contributed by atoms with Crippen LogP contribution in [0.4, 0.5) is 0 Å². The van der Waals surface area contributed by atoms with E-state index >= 15 is 0 Å². The third-order valence-corrected chi connectivity index (χ3v) is 5.19. The first-order valence-corrected chi connectivity index (χ1v) is 9.55. The van der Waals surface area contributed by atoms with E-state index in [2.05, 4.69) is 25.8 Å². The Morgan fingerprint density at radius 2 is 2.04 bits per heavy atom. The molecule has 2 rings (SSSR count). The number of carbonyl (C=O) groups excluding carboxylic acids is 1. The lowest BCUT2D eigenvalue weighted by Crippen LogP contribution is -2.36. The van der Waals surface area contributed by atoms with E-state index in [1.807, 2.05) is 17.0 Å². The van der Waals surface area contributed by atoms with Crippen LogP contribution in [-0.2, 0) is 16.1 Å². The van der Waals surface area contributed by atoms with E-state index in [9.17, 15) is 4.79 Å². The van der Waals surface area contributed by atoms with Gasteiger partial charge in [-0.25, -0.2) is 0 Å². The fraction of sp³-hybridized carbons (Fsp3) is 0.714. The second-order valence-electron chi connectivity index (χ2n) is 8.50. The molecule has 1 fully saturated rings. The minimum Gasteiger partial charge on any atom is -0.385 e. The van der Waals surface area contributed by atoms with Gasteiger partial charge in [0.25, 0.3) is 0 Å². The maximum Gasteiger partial charge on any atom is 0.223 e. The second-order valence-corrected chi connectivity index (χ2v) is 8.50. The van der Waals surface area contributed by atoms with Gasteiger partial charge in [0.2, 0.25) is 5.91 Å². The van der Waals surface area contributed by atoms with E-state index in [4.69, 9.17) is 4.74 Å². The monoisotopic (exact) mass is 346 g/mol. The van der Waals surface area contributed by atoms with Crippen LogP contribution in [0.15, 0.2) is 24.5 Å². The number of hydrogen-bond donors (Lipinski definition) is 0. The van der Waals surface area contributed by atoms with Crippen molar-refractivity contribution in [3.8, 4) is 0 Å². The summed E-state index contributed by atoms with van der Waals surface area (Å²) in [6, 6.07) is 3.98. The highest BCUT2D eigenvalue weighted by Gasteiger charge is 2.33. The average molecular weight is 347 g/mol. The molecule has 1 heterocycles. The summed E-state index contributed by atoms with van der Waals surface area (Å²) in [6.07, 6.45) is 8.73. The van der Waals surface area contributed by atoms with Crippen LogP contribution in [0, 0.1) is 17.3 Å². The molecule has 140 valence electrons. The molecular weight excluding hydrogens is 312 g/mol. The minimum absolute atomic E-state index is 0.280. The van der Waals surface area contributed by atoms with Gasteiger partial charge in [0.1, 0.15) is 0 Å². The summed E-state index contributed by atoms with van der Waals surface area (Å²) < 4.78 is 5.17. The van der Waals surface area contributed by atoms with Gasteiger partial charge in [0, 0.05) is 45.6 Å². The molecule has 0 aliphatic heterocycles. The Balaban J connectivity index is 1.98. The predicted molar refractivity (Wildman–Crippen MR) is 101 cm³/mol. The van der Waals surface area contributed by atoms with E-state index < -0.39 is 0 Å². The van der Waals surface area contributed by atoms with Gasteiger partial charge < -0.3 is 9.64 Å². The summed E-state index contributed by atoms with van der Waals surface area (Å²) in [7, 11) is 1.71. The maximum absolute atomic E-state index is 13.0. The number of aromatic nitrogens is 1. The van der Waals surface area contributed by atoms with E-state index in [0.717, 1.165) is 24.9 Å². The molecule has 1 aliphatic carbocycles. The van der Waals surface area contributed by atoms with Crippen molar-refractivity contribution in [2.24, 2.45) is 17.3 Å². The molecule has 0 bridgehead atoms. The summed E-state index contributed by atoms with van der Waals surface area (Å²) in [4.78, 5) is 19.1. The zero-order chi connectivity index (χ0) is 18.3. The Bertz CT molecular complexity index is 530. The number of rotatable bonds is 8. The van der Waals surface area contributed by atoms with Crippen molar-refractivity contribution in [2.75, 3.05) is 20.3 Å². The average Bonchev–Trinajstić information content (AvgIpc) is 2.53. The van der Waals surface area contributed by atoms with E-state index in [1.54, 1.807) is 19.5 Å². The molecule has 0 aromatic carbocycles. The number of pyridine rings is 1. The number of amides is 1. The minimum atomic E-state index is 0.280. The topological polar surface area (TPSA) is 42.4 Å². The highest BCUT2D eigenvalue weighted by Crippen LogP contribution is 2.43. The first kappa shape index (κ1) is 19.9. The molecule has 0 spiro atoms. The van der Waals surface area contributed by atoms with Gasteiger partial charge >= 0.3 is 0 Å². The molecule has 2 atom stereocenters. The largest absolute Gasteiger partial charge is 0.385 e. The Morgan fingerprint density at radius 1 is 1.32 bits per heavy atom. The van der Waals surface area contributed by atoms with Crippen LogP contribution in [0.3, 0.4) is 0 Å². The van der Waals surface area contributed by atoms with E-state index in [0.29, 0.717) is 36.8 Å². The maximum atomic E-state index is 13.0. The van der Waals surface area contributed by atoms with Crippen molar-refractivity contribution in [3.05, 3.63) is 30.1 Å². The summed E-state index contributed by atoms with van der Waals surface area (Å²) in [6.45, 7) is 9.11. The SMILES string of the molecule is COCCCN(Cc1ccncc1)C(=O)CC1CC(C)CC(C)(C)C1. The quantitative estimate of drug-likeness (QED) is 0.659. The fourth-order valence-electron chi connectivity index (χ4n) is 4.48. The summed E-state index contributed by atoms with van der Waals surface area (Å²) in [5, 5.41) is 0. The van der Waals surface area contributed by atoms with Crippen molar-refractivity contribution >= 4 is 5.91 Å². The number of ether oxygens (including phenoxy) is 1. The summed E-state index contributed by atoms with van der Waals surface area (Å²) >= 11 is 0. The van der Waals surface area contributed by atoms with Gasteiger partial charge in [-0.1, -0.05) is 20.8 Å². The summed E-state index contributed by atoms with van der Waals surface area (Å²) in [5.74, 6) is 1.50. The third kappa shape index (κ3) is 6.77. The molecule has 25 heavy (non-hydrogen) atoms. The molecule has 1 aliphatic rings. The van der Waals surface area contributed by atoms with Gasteiger partial charge in [-0.3, -0.25) is 9.78 Å². The van der Waals surface area contributed by atoms with Gasteiger partial charge in [0.15, 0.2) is 0 Å². The molecule has 4 nitrogen and oxygen atoms in total. The standard InChI is InChI=1S/C21H34N2O2/c1-17-12-19(15-21(2,3)14-17)13-20(24)23(10-5-11-25-4)16-18-6-8-22-9-7-18/h6-9,17,19H,5,10-16H2,1-4H3. The van der Waals surface area contributed by atoms with E-state index in [1.165, 1.54) is 12.8 Å².